The lowest BCUT2D eigenvalue weighted by Gasteiger charge is -2.41. The van der Waals surface area contributed by atoms with Crippen molar-refractivity contribution in [2.24, 2.45) is 5.41 Å². The fourth-order valence-corrected chi connectivity index (χ4v) is 8.09. The zero-order valence-corrected chi connectivity index (χ0v) is 43.5. The van der Waals surface area contributed by atoms with E-state index in [1.54, 1.807) is 37.6 Å². The van der Waals surface area contributed by atoms with Crippen molar-refractivity contribution in [3.05, 3.63) is 83.7 Å². The van der Waals surface area contributed by atoms with Crippen LogP contribution in [-0.2, 0) is 54.5 Å². The van der Waals surface area contributed by atoms with Crippen molar-refractivity contribution in [3.63, 3.8) is 0 Å². The van der Waals surface area contributed by atoms with Gasteiger partial charge in [-0.05, 0) is 82.2 Å². The van der Waals surface area contributed by atoms with Gasteiger partial charge in [-0.3, -0.25) is 38.4 Å². The molecule has 3 rings (SSSR count). The number of amides is 7. The second kappa shape index (κ2) is 28.8. The molecule has 8 N–H and O–H groups in total. The molecular formula is C52H70F2N8O13. The average molecular weight is 1050 g/mol. The van der Waals surface area contributed by atoms with Crippen LogP contribution in [0, 0.1) is 17.0 Å². The predicted molar refractivity (Wildman–Crippen MR) is 269 cm³/mol. The molecule has 0 saturated carbocycles. The summed E-state index contributed by atoms with van der Waals surface area (Å²) in [5.74, 6) is -9.67. The van der Waals surface area contributed by atoms with Crippen LogP contribution in [0.2, 0.25) is 0 Å². The summed E-state index contributed by atoms with van der Waals surface area (Å²) in [7, 11) is 1.32. The molecule has 0 radical (unpaired) electrons. The summed E-state index contributed by atoms with van der Waals surface area (Å²) >= 11 is 0. The molecule has 1 aromatic heterocycles. The Bertz CT molecular complexity index is 2530. The second-order valence-corrected chi connectivity index (χ2v) is 19.4. The first-order valence-electron chi connectivity index (χ1n) is 24.4. The average Bonchev–Trinajstić information content (AvgIpc) is 3.74. The summed E-state index contributed by atoms with van der Waals surface area (Å²) in [6, 6.07) is 6.09. The van der Waals surface area contributed by atoms with Crippen molar-refractivity contribution in [2.45, 2.75) is 136 Å². The predicted octanol–water partition coefficient (Wildman–Crippen LogP) is 2.82. The van der Waals surface area contributed by atoms with Crippen molar-refractivity contribution in [1.29, 1.82) is 0 Å². The molecule has 0 unspecified atom stereocenters. The number of carboxylic acid groups (broad SMARTS) is 2. The lowest BCUT2D eigenvalue weighted by molar-refractivity contribution is -0.143. The fraction of sp³-hybridized carbons (Fsp3) is 0.500. The summed E-state index contributed by atoms with van der Waals surface area (Å²) in [6.45, 7) is 9.32. The molecule has 21 nitrogen and oxygen atoms in total. The number of carbonyl (C=O) groups excluding carboxylic acids is 8. The second-order valence-electron chi connectivity index (χ2n) is 19.4. The highest BCUT2D eigenvalue weighted by molar-refractivity contribution is 5.95. The molecule has 3 aromatic rings. The van der Waals surface area contributed by atoms with Gasteiger partial charge in [0, 0.05) is 75.4 Å². The van der Waals surface area contributed by atoms with E-state index in [4.69, 9.17) is 5.11 Å². The Labute approximate surface area is 434 Å². The lowest BCUT2D eigenvalue weighted by Crippen LogP contribution is -2.57. The molecule has 0 spiro atoms. The molecule has 0 aliphatic heterocycles. The molecule has 1 heterocycles. The number of hydrogen-bond acceptors (Lipinski definition) is 11. The van der Waals surface area contributed by atoms with E-state index in [-0.39, 0.29) is 55.7 Å². The number of hydrogen-bond donors (Lipinski definition) is 8. The molecule has 0 aliphatic carbocycles. The van der Waals surface area contributed by atoms with Crippen LogP contribution in [0.5, 0.6) is 0 Å². The Morgan fingerprint density at radius 2 is 1.39 bits per heavy atom. The summed E-state index contributed by atoms with van der Waals surface area (Å²) in [4.78, 5) is 130. The van der Waals surface area contributed by atoms with E-state index in [2.05, 4.69) is 26.6 Å². The minimum Gasteiger partial charge on any atom is -0.481 e. The fourth-order valence-electron chi connectivity index (χ4n) is 8.09. The number of aliphatic carboxylic acids is 2. The topological polar surface area (TPSA) is 303 Å². The minimum absolute atomic E-state index is 0.00163. The van der Waals surface area contributed by atoms with Crippen molar-refractivity contribution in [1.82, 2.24) is 41.0 Å². The first kappa shape index (κ1) is 61.7. The normalized spacial score (nSPS) is 13.6. The smallest absolute Gasteiger partial charge is 0.326 e. The summed E-state index contributed by atoms with van der Waals surface area (Å²) < 4.78 is 31.7. The Morgan fingerprint density at radius 1 is 0.733 bits per heavy atom. The first-order valence-corrected chi connectivity index (χ1v) is 24.4. The first-order chi connectivity index (χ1) is 35.1. The van der Waals surface area contributed by atoms with E-state index in [0.29, 0.717) is 5.69 Å². The van der Waals surface area contributed by atoms with Gasteiger partial charge >= 0.3 is 11.9 Å². The number of nitrogens with zero attached hydrogens (tertiary/aromatic N) is 3. The van der Waals surface area contributed by atoms with Crippen molar-refractivity contribution >= 4 is 59.1 Å². The third kappa shape index (κ3) is 19.3. The summed E-state index contributed by atoms with van der Waals surface area (Å²) in [5.41, 5.74) is 0.569. The van der Waals surface area contributed by atoms with Gasteiger partial charge in [-0.15, -0.1) is 0 Å². The van der Waals surface area contributed by atoms with Crippen LogP contribution < -0.4 is 26.6 Å². The number of rotatable bonds is 29. The number of likely N-dealkylation sites (N-methyl/N-ethyl adjacent to an activating group) is 1. The number of ketones is 1. The molecule has 75 heavy (non-hydrogen) atoms. The summed E-state index contributed by atoms with van der Waals surface area (Å²) in [5, 5.41) is 41.2. The maximum absolute atomic E-state index is 15.3. The molecule has 0 bridgehead atoms. The molecule has 0 saturated heterocycles. The number of aliphatic hydroxyl groups excluding tert-OH is 1. The number of carboxylic acids is 2. The third-order valence-electron chi connectivity index (χ3n) is 12.2. The molecule has 410 valence electrons. The molecule has 0 fully saturated rings. The van der Waals surface area contributed by atoms with Gasteiger partial charge in [0.05, 0.1) is 6.04 Å². The van der Waals surface area contributed by atoms with E-state index < -0.39 is 139 Å². The number of carbonyl (C=O) groups is 10. The van der Waals surface area contributed by atoms with E-state index in [1.165, 1.54) is 39.6 Å². The Morgan fingerprint density at radius 3 is 1.99 bits per heavy atom. The lowest BCUT2D eigenvalue weighted by atomic mass is 9.82. The van der Waals surface area contributed by atoms with E-state index >= 15 is 4.39 Å². The van der Waals surface area contributed by atoms with Gasteiger partial charge in [-0.25, -0.2) is 13.6 Å². The number of aliphatic hydroxyl groups is 1. The standard InChI is InChI=1S/C52H70F2N8O13/c1-30(64)13-12-16-42(65)56-32(3)50(73)60(8)33(4)48(71)57-31(2)47(70)59-39(49(72)55-23-21-43(66)58-40(51(74)75)19-20-45(68)69)22-24-62(44(67)29-63)46(52(5,6)7)41-25-35(37-26-36(53)17-18-38(37)54)28-61(41)27-34-14-10-9-11-15-34/h9-11,14-15,17-18,25-26,28,31-33,39-40,46,63H,12-13,16,19-24,27,29H2,1-8H3,(H,55,72)(H,56,65)(H,57,71)(H,58,66)(H,59,70)(H,68,69)(H,74,75)/t31-,32-,33-,39-,40+,46-/m0/s1. The number of aromatic nitrogens is 1. The monoisotopic (exact) mass is 1050 g/mol. The Balaban J connectivity index is 1.97. The number of nitrogens with one attached hydrogen (secondary N) is 5. The van der Waals surface area contributed by atoms with E-state index in [1.807, 2.05) is 30.3 Å². The van der Waals surface area contributed by atoms with Crippen molar-refractivity contribution in [3.8, 4) is 11.1 Å². The molecule has 0 aliphatic rings. The van der Waals surface area contributed by atoms with Gasteiger partial charge in [-0.2, -0.15) is 0 Å². The van der Waals surface area contributed by atoms with Crippen LogP contribution in [0.25, 0.3) is 11.1 Å². The molecule has 2 aromatic carbocycles. The van der Waals surface area contributed by atoms with Gasteiger partial charge in [0.2, 0.25) is 41.4 Å². The van der Waals surface area contributed by atoms with Crippen molar-refractivity contribution in [2.75, 3.05) is 26.7 Å². The molecular weight excluding hydrogens is 983 g/mol. The largest absolute Gasteiger partial charge is 0.481 e. The molecule has 6 atom stereocenters. The van der Waals surface area contributed by atoms with E-state index in [0.717, 1.165) is 28.7 Å². The number of benzene rings is 2. The Kier molecular flexibility index (Phi) is 23.7. The van der Waals surface area contributed by atoms with Crippen LogP contribution in [-0.4, -0.2) is 146 Å². The van der Waals surface area contributed by atoms with Gasteiger partial charge in [-0.1, -0.05) is 51.1 Å². The van der Waals surface area contributed by atoms with Gasteiger partial charge < -0.3 is 61.1 Å². The zero-order chi connectivity index (χ0) is 56.3. The van der Waals surface area contributed by atoms with Crippen LogP contribution in [0.4, 0.5) is 8.78 Å². The van der Waals surface area contributed by atoms with Crippen LogP contribution >= 0.6 is 0 Å². The Hall–Kier alpha value is -7.56. The zero-order valence-electron chi connectivity index (χ0n) is 43.5. The van der Waals surface area contributed by atoms with Crippen molar-refractivity contribution < 1.29 is 72.0 Å². The molecule has 7 amide bonds. The van der Waals surface area contributed by atoms with Gasteiger partial charge in [0.1, 0.15) is 54.2 Å². The minimum atomic E-state index is -1.55. The highest BCUT2D eigenvalue weighted by Gasteiger charge is 2.38. The maximum Gasteiger partial charge on any atom is 0.326 e. The highest BCUT2D eigenvalue weighted by atomic mass is 19.1. The summed E-state index contributed by atoms with van der Waals surface area (Å²) in [6.07, 6.45) is 0.255. The maximum atomic E-state index is 15.3. The van der Waals surface area contributed by atoms with Gasteiger partial charge in [0.25, 0.3) is 0 Å². The third-order valence-corrected chi connectivity index (χ3v) is 12.2. The van der Waals surface area contributed by atoms with Crippen LogP contribution in [0.15, 0.2) is 60.8 Å². The van der Waals surface area contributed by atoms with Crippen LogP contribution in [0.1, 0.15) is 111 Å². The quantitative estimate of drug-likeness (QED) is 0.0497. The van der Waals surface area contributed by atoms with E-state index in [9.17, 15) is 62.5 Å². The highest BCUT2D eigenvalue weighted by Crippen LogP contribution is 2.41. The number of Topliss-reactive ketones (excluding diaryl/α,β-unsaturated/α-hetero) is 1. The SMILES string of the molecule is CC(=O)CCCC(=O)N[C@@H](C)C(=O)N(C)[C@@H](C)C(=O)N[C@@H](C)C(=O)N[C@@H](CCN(C(=O)CO)[C@@H](c1cc(-c2cc(F)ccc2F)cn1Cc1ccccc1)C(C)(C)C)C(=O)NCCC(=O)N[C@H](CCC(=O)O)C(=O)O. The molecule has 23 heteroatoms. The number of halogens is 2. The van der Waals surface area contributed by atoms with Crippen LogP contribution in [0.3, 0.4) is 0 Å². The van der Waals surface area contributed by atoms with Gasteiger partial charge in [0.15, 0.2) is 0 Å².